The SMILES string of the molecule is Cc1ccc(-c2ccc(C=O)c(=O)n2C2CCCCC2)cc1. The Kier molecular flexibility index (Phi) is 4.23. The first-order valence-corrected chi connectivity index (χ1v) is 7.98. The van der Waals surface area contributed by atoms with Crippen molar-refractivity contribution in [1.29, 1.82) is 0 Å². The van der Waals surface area contributed by atoms with Crippen molar-refractivity contribution in [1.82, 2.24) is 4.57 Å². The number of nitrogens with zero attached hydrogens (tertiary/aromatic N) is 1. The average Bonchev–Trinajstić information content (AvgIpc) is 2.56. The predicted molar refractivity (Wildman–Crippen MR) is 88.4 cm³/mol. The Labute approximate surface area is 130 Å². The van der Waals surface area contributed by atoms with Gasteiger partial charge in [0.1, 0.15) is 0 Å². The van der Waals surface area contributed by atoms with Gasteiger partial charge in [0.15, 0.2) is 6.29 Å². The smallest absolute Gasteiger partial charge is 0.261 e. The average molecular weight is 295 g/mol. The molecule has 0 bridgehead atoms. The molecule has 1 heterocycles. The molecule has 114 valence electrons. The fraction of sp³-hybridized carbons (Fsp3) is 0.368. The van der Waals surface area contributed by atoms with Gasteiger partial charge in [0.25, 0.3) is 5.56 Å². The molecule has 1 aliphatic carbocycles. The van der Waals surface area contributed by atoms with E-state index in [4.69, 9.17) is 0 Å². The van der Waals surface area contributed by atoms with E-state index >= 15 is 0 Å². The minimum absolute atomic E-state index is 0.153. The highest BCUT2D eigenvalue weighted by Gasteiger charge is 2.21. The Bertz CT molecular complexity index is 722. The maximum Gasteiger partial charge on any atom is 0.261 e. The summed E-state index contributed by atoms with van der Waals surface area (Å²) < 4.78 is 1.85. The molecule has 0 radical (unpaired) electrons. The standard InChI is InChI=1S/C19H21NO2/c1-14-7-9-15(10-8-14)18-12-11-16(13-21)19(22)20(18)17-5-3-2-4-6-17/h7-13,17H,2-6H2,1H3. The third-order valence-electron chi connectivity index (χ3n) is 4.56. The zero-order chi connectivity index (χ0) is 15.5. The van der Waals surface area contributed by atoms with E-state index in [0.717, 1.165) is 36.9 Å². The lowest BCUT2D eigenvalue weighted by atomic mass is 9.94. The van der Waals surface area contributed by atoms with Crippen LogP contribution in [0.4, 0.5) is 0 Å². The molecule has 0 N–H and O–H groups in total. The summed E-state index contributed by atoms with van der Waals surface area (Å²) in [5.74, 6) is 0. The second-order valence-electron chi connectivity index (χ2n) is 6.12. The Morgan fingerprint density at radius 2 is 1.68 bits per heavy atom. The van der Waals surface area contributed by atoms with Gasteiger partial charge in [-0.2, -0.15) is 0 Å². The highest BCUT2D eigenvalue weighted by atomic mass is 16.1. The van der Waals surface area contributed by atoms with E-state index in [1.165, 1.54) is 12.0 Å². The van der Waals surface area contributed by atoms with Crippen LogP contribution < -0.4 is 5.56 Å². The summed E-state index contributed by atoms with van der Waals surface area (Å²) in [5, 5.41) is 0. The predicted octanol–water partition coefficient (Wildman–Crippen LogP) is 4.14. The molecule has 3 rings (SSSR count). The van der Waals surface area contributed by atoms with Crippen LogP contribution in [0.25, 0.3) is 11.3 Å². The van der Waals surface area contributed by atoms with Crippen molar-refractivity contribution in [3.8, 4) is 11.3 Å². The summed E-state index contributed by atoms with van der Waals surface area (Å²) in [4.78, 5) is 23.8. The van der Waals surface area contributed by atoms with Gasteiger partial charge in [-0.05, 0) is 37.5 Å². The number of benzene rings is 1. The first-order valence-electron chi connectivity index (χ1n) is 7.98. The molecule has 0 aliphatic heterocycles. The first-order chi connectivity index (χ1) is 10.7. The van der Waals surface area contributed by atoms with E-state index in [1.54, 1.807) is 6.07 Å². The molecular formula is C19H21NO2. The second kappa shape index (κ2) is 6.30. The fourth-order valence-corrected chi connectivity index (χ4v) is 3.32. The van der Waals surface area contributed by atoms with Crippen molar-refractivity contribution in [3.05, 3.63) is 57.9 Å². The molecule has 0 spiro atoms. The van der Waals surface area contributed by atoms with Crippen LogP contribution in [-0.4, -0.2) is 10.9 Å². The van der Waals surface area contributed by atoms with Crippen LogP contribution in [0, 0.1) is 6.92 Å². The largest absolute Gasteiger partial charge is 0.305 e. The second-order valence-corrected chi connectivity index (χ2v) is 6.12. The van der Waals surface area contributed by atoms with Crippen molar-refractivity contribution >= 4 is 6.29 Å². The van der Waals surface area contributed by atoms with E-state index in [0.29, 0.717) is 6.29 Å². The van der Waals surface area contributed by atoms with Gasteiger partial charge in [0, 0.05) is 6.04 Å². The first kappa shape index (κ1) is 14.8. The van der Waals surface area contributed by atoms with Crippen molar-refractivity contribution in [2.24, 2.45) is 0 Å². The van der Waals surface area contributed by atoms with E-state index in [2.05, 4.69) is 12.1 Å². The highest BCUT2D eigenvalue weighted by molar-refractivity contribution is 5.75. The van der Waals surface area contributed by atoms with Gasteiger partial charge in [-0.15, -0.1) is 0 Å². The molecule has 3 nitrogen and oxygen atoms in total. The zero-order valence-electron chi connectivity index (χ0n) is 12.9. The summed E-state index contributed by atoms with van der Waals surface area (Å²) in [7, 11) is 0. The van der Waals surface area contributed by atoms with Crippen molar-refractivity contribution in [2.45, 2.75) is 45.1 Å². The van der Waals surface area contributed by atoms with Gasteiger partial charge in [0.2, 0.25) is 0 Å². The van der Waals surface area contributed by atoms with Crippen LogP contribution in [0.1, 0.15) is 54.1 Å². The molecule has 3 heteroatoms. The number of aromatic nitrogens is 1. The lowest BCUT2D eigenvalue weighted by molar-refractivity contribution is 0.112. The van der Waals surface area contributed by atoms with Crippen LogP contribution in [0.2, 0.25) is 0 Å². The molecule has 1 saturated carbocycles. The van der Waals surface area contributed by atoms with Gasteiger partial charge in [-0.25, -0.2) is 0 Å². The van der Waals surface area contributed by atoms with Gasteiger partial charge >= 0.3 is 0 Å². The Hall–Kier alpha value is -2.16. The molecule has 1 aromatic heterocycles. The number of aryl methyl sites for hydroxylation is 1. The minimum atomic E-state index is -0.153. The van der Waals surface area contributed by atoms with Crippen molar-refractivity contribution in [2.75, 3.05) is 0 Å². The maximum absolute atomic E-state index is 12.7. The Morgan fingerprint density at radius 3 is 2.32 bits per heavy atom. The maximum atomic E-state index is 12.7. The van der Waals surface area contributed by atoms with Crippen LogP contribution >= 0.6 is 0 Å². The molecule has 0 unspecified atom stereocenters. The van der Waals surface area contributed by atoms with Crippen LogP contribution in [-0.2, 0) is 0 Å². The molecule has 0 atom stereocenters. The summed E-state index contributed by atoms with van der Waals surface area (Å²) in [6.45, 7) is 2.05. The normalized spacial score (nSPS) is 15.7. The molecule has 1 fully saturated rings. The minimum Gasteiger partial charge on any atom is -0.305 e. The lowest BCUT2D eigenvalue weighted by Crippen LogP contribution is -2.30. The van der Waals surface area contributed by atoms with Crippen LogP contribution in [0.3, 0.4) is 0 Å². The van der Waals surface area contributed by atoms with E-state index in [1.807, 2.05) is 29.7 Å². The quantitative estimate of drug-likeness (QED) is 0.798. The van der Waals surface area contributed by atoms with E-state index in [9.17, 15) is 9.59 Å². The number of aldehydes is 1. The molecule has 0 saturated heterocycles. The molecule has 0 amide bonds. The van der Waals surface area contributed by atoms with E-state index in [-0.39, 0.29) is 17.2 Å². The number of rotatable bonds is 3. The third-order valence-corrected chi connectivity index (χ3v) is 4.56. The third kappa shape index (κ3) is 2.76. The van der Waals surface area contributed by atoms with Gasteiger partial charge < -0.3 is 4.57 Å². The van der Waals surface area contributed by atoms with Crippen LogP contribution in [0.15, 0.2) is 41.2 Å². The van der Waals surface area contributed by atoms with Gasteiger partial charge in [0.05, 0.1) is 11.3 Å². The van der Waals surface area contributed by atoms with Gasteiger partial charge in [-0.1, -0.05) is 49.1 Å². The Morgan fingerprint density at radius 1 is 1.00 bits per heavy atom. The Balaban J connectivity index is 2.16. The summed E-state index contributed by atoms with van der Waals surface area (Å²) in [6, 6.07) is 12.0. The molecule has 1 aliphatic rings. The molecular weight excluding hydrogens is 274 g/mol. The topological polar surface area (TPSA) is 39.1 Å². The summed E-state index contributed by atoms with van der Waals surface area (Å²) in [5.41, 5.74) is 3.24. The lowest BCUT2D eigenvalue weighted by Gasteiger charge is -2.27. The molecule has 2 aromatic rings. The van der Waals surface area contributed by atoms with Crippen molar-refractivity contribution < 1.29 is 4.79 Å². The number of carbonyl (C=O) groups excluding carboxylic acids is 1. The molecule has 22 heavy (non-hydrogen) atoms. The monoisotopic (exact) mass is 295 g/mol. The number of carbonyl (C=O) groups is 1. The molecule has 1 aromatic carbocycles. The van der Waals surface area contributed by atoms with Gasteiger partial charge in [-0.3, -0.25) is 9.59 Å². The number of hydrogen-bond acceptors (Lipinski definition) is 2. The van der Waals surface area contributed by atoms with E-state index < -0.39 is 0 Å². The van der Waals surface area contributed by atoms with Crippen LogP contribution in [0.5, 0.6) is 0 Å². The fourth-order valence-electron chi connectivity index (χ4n) is 3.32. The number of pyridine rings is 1. The number of hydrogen-bond donors (Lipinski definition) is 0. The highest BCUT2D eigenvalue weighted by Crippen LogP contribution is 2.31. The van der Waals surface area contributed by atoms with Crippen molar-refractivity contribution in [3.63, 3.8) is 0 Å². The summed E-state index contributed by atoms with van der Waals surface area (Å²) >= 11 is 0. The zero-order valence-corrected chi connectivity index (χ0v) is 12.9. The summed E-state index contributed by atoms with van der Waals surface area (Å²) in [6.07, 6.45) is 6.23.